The summed E-state index contributed by atoms with van der Waals surface area (Å²) in [5.41, 5.74) is 6.68. The fourth-order valence-electron chi connectivity index (χ4n) is 1.65. The lowest BCUT2D eigenvalue weighted by Gasteiger charge is -2.11. The minimum atomic E-state index is -0.326. The average Bonchev–Trinajstić information content (AvgIpc) is 2.45. The molecule has 4 N–H and O–H groups in total. The SMILES string of the molecule is COc1ccc(N)c(NC(=O)CNC(=O)CCC(C)C)c1. The Morgan fingerprint density at radius 3 is 2.62 bits per heavy atom. The van der Waals surface area contributed by atoms with E-state index in [2.05, 4.69) is 10.6 Å². The van der Waals surface area contributed by atoms with Crippen LogP contribution in [0, 0.1) is 5.92 Å². The molecule has 21 heavy (non-hydrogen) atoms. The number of hydrogen-bond donors (Lipinski definition) is 3. The van der Waals surface area contributed by atoms with E-state index in [-0.39, 0.29) is 18.4 Å². The fraction of sp³-hybridized carbons (Fsp3) is 0.467. The van der Waals surface area contributed by atoms with Crippen molar-refractivity contribution < 1.29 is 14.3 Å². The number of benzene rings is 1. The number of carbonyl (C=O) groups excluding carboxylic acids is 2. The molecule has 0 atom stereocenters. The quantitative estimate of drug-likeness (QED) is 0.668. The van der Waals surface area contributed by atoms with E-state index < -0.39 is 0 Å². The molecule has 0 aliphatic rings. The summed E-state index contributed by atoms with van der Waals surface area (Å²) in [5, 5.41) is 5.23. The summed E-state index contributed by atoms with van der Waals surface area (Å²) in [7, 11) is 1.53. The van der Waals surface area contributed by atoms with Gasteiger partial charge in [0.1, 0.15) is 5.75 Å². The van der Waals surface area contributed by atoms with E-state index >= 15 is 0 Å². The number of methoxy groups -OCH3 is 1. The maximum Gasteiger partial charge on any atom is 0.243 e. The van der Waals surface area contributed by atoms with E-state index in [1.165, 1.54) is 7.11 Å². The van der Waals surface area contributed by atoms with E-state index in [9.17, 15) is 9.59 Å². The van der Waals surface area contributed by atoms with Crippen LogP contribution >= 0.6 is 0 Å². The highest BCUT2D eigenvalue weighted by Crippen LogP contribution is 2.24. The number of hydrogen-bond acceptors (Lipinski definition) is 4. The van der Waals surface area contributed by atoms with Crippen molar-refractivity contribution in [2.45, 2.75) is 26.7 Å². The molecule has 1 aromatic carbocycles. The molecule has 0 heterocycles. The molecule has 0 saturated carbocycles. The maximum absolute atomic E-state index is 11.8. The molecule has 116 valence electrons. The first-order valence-corrected chi connectivity index (χ1v) is 6.92. The van der Waals surface area contributed by atoms with Crippen LogP contribution in [0.2, 0.25) is 0 Å². The third-order valence-corrected chi connectivity index (χ3v) is 2.93. The molecule has 1 aromatic rings. The third-order valence-electron chi connectivity index (χ3n) is 2.93. The minimum absolute atomic E-state index is 0.0758. The molecule has 0 aliphatic heterocycles. The molecule has 0 bridgehead atoms. The van der Waals surface area contributed by atoms with Gasteiger partial charge >= 0.3 is 0 Å². The molecule has 0 saturated heterocycles. The van der Waals surface area contributed by atoms with Crippen LogP contribution in [0.25, 0.3) is 0 Å². The summed E-state index contributed by atoms with van der Waals surface area (Å²) in [6, 6.07) is 4.99. The molecule has 0 radical (unpaired) electrons. The molecule has 0 fully saturated rings. The van der Waals surface area contributed by atoms with Crippen molar-refractivity contribution in [2.75, 3.05) is 24.7 Å². The third kappa shape index (κ3) is 6.16. The van der Waals surface area contributed by atoms with Crippen molar-refractivity contribution in [2.24, 2.45) is 5.92 Å². The second kappa shape index (κ2) is 8.14. The fourth-order valence-corrected chi connectivity index (χ4v) is 1.65. The molecule has 0 aliphatic carbocycles. The first kappa shape index (κ1) is 16.8. The van der Waals surface area contributed by atoms with Gasteiger partial charge in [0.15, 0.2) is 0 Å². The lowest BCUT2D eigenvalue weighted by atomic mass is 10.1. The Balaban J connectivity index is 2.45. The van der Waals surface area contributed by atoms with Crippen LogP contribution in [0.1, 0.15) is 26.7 Å². The molecular formula is C15H23N3O3. The Hall–Kier alpha value is -2.24. The summed E-state index contributed by atoms with van der Waals surface area (Å²) >= 11 is 0. The monoisotopic (exact) mass is 293 g/mol. The Morgan fingerprint density at radius 2 is 2.00 bits per heavy atom. The number of ether oxygens (including phenoxy) is 1. The summed E-state index contributed by atoms with van der Waals surface area (Å²) in [6.07, 6.45) is 1.22. The zero-order valence-corrected chi connectivity index (χ0v) is 12.7. The minimum Gasteiger partial charge on any atom is -0.497 e. The molecule has 6 heteroatoms. The zero-order valence-electron chi connectivity index (χ0n) is 12.7. The number of carbonyl (C=O) groups is 2. The van der Waals surface area contributed by atoms with E-state index in [1.807, 2.05) is 13.8 Å². The van der Waals surface area contributed by atoms with Gasteiger partial charge in [0.25, 0.3) is 0 Å². The van der Waals surface area contributed by atoms with Gasteiger partial charge in [-0.15, -0.1) is 0 Å². The molecule has 0 unspecified atom stereocenters. The van der Waals surface area contributed by atoms with Crippen LogP contribution in [-0.4, -0.2) is 25.5 Å². The normalized spacial score (nSPS) is 10.3. The number of rotatable bonds is 7. The number of anilines is 2. The van der Waals surface area contributed by atoms with Crippen LogP contribution in [0.4, 0.5) is 11.4 Å². The number of nitrogens with two attached hydrogens (primary N) is 1. The second-order valence-corrected chi connectivity index (χ2v) is 5.21. The number of nitrogen functional groups attached to an aromatic ring is 1. The predicted octanol–water partition coefficient (Wildman–Crippen LogP) is 1.77. The van der Waals surface area contributed by atoms with Crippen molar-refractivity contribution >= 4 is 23.2 Å². The van der Waals surface area contributed by atoms with Gasteiger partial charge in [0.05, 0.1) is 25.0 Å². The van der Waals surface area contributed by atoms with Gasteiger partial charge < -0.3 is 21.1 Å². The average molecular weight is 293 g/mol. The first-order valence-electron chi connectivity index (χ1n) is 6.92. The summed E-state index contributed by atoms with van der Waals surface area (Å²) in [4.78, 5) is 23.3. The van der Waals surface area contributed by atoms with Gasteiger partial charge in [-0.05, 0) is 24.5 Å². The van der Waals surface area contributed by atoms with Gasteiger partial charge in [-0.3, -0.25) is 9.59 Å². The topological polar surface area (TPSA) is 93.4 Å². The van der Waals surface area contributed by atoms with Crippen molar-refractivity contribution in [1.29, 1.82) is 0 Å². The van der Waals surface area contributed by atoms with Crippen LogP contribution in [0.15, 0.2) is 18.2 Å². The number of nitrogens with one attached hydrogen (secondary N) is 2. The lowest BCUT2D eigenvalue weighted by molar-refractivity contribution is -0.124. The van der Waals surface area contributed by atoms with E-state index in [0.29, 0.717) is 29.5 Å². The van der Waals surface area contributed by atoms with E-state index in [0.717, 1.165) is 6.42 Å². The first-order chi connectivity index (χ1) is 9.92. The van der Waals surface area contributed by atoms with Gasteiger partial charge in [-0.25, -0.2) is 0 Å². The van der Waals surface area contributed by atoms with Crippen molar-refractivity contribution in [3.05, 3.63) is 18.2 Å². The molecule has 0 spiro atoms. The largest absolute Gasteiger partial charge is 0.497 e. The standard InChI is InChI=1S/C15H23N3O3/c1-10(2)4-7-14(19)17-9-15(20)18-13-8-11(21-3)5-6-12(13)16/h5-6,8,10H,4,7,9,16H2,1-3H3,(H,17,19)(H,18,20). The Morgan fingerprint density at radius 1 is 1.29 bits per heavy atom. The summed E-state index contributed by atoms with van der Waals surface area (Å²) in [5.74, 6) is 0.604. The van der Waals surface area contributed by atoms with Crippen molar-refractivity contribution in [3.63, 3.8) is 0 Å². The second-order valence-electron chi connectivity index (χ2n) is 5.21. The van der Waals surface area contributed by atoms with Gasteiger partial charge in [-0.2, -0.15) is 0 Å². The van der Waals surface area contributed by atoms with Crippen LogP contribution < -0.4 is 21.1 Å². The lowest BCUT2D eigenvalue weighted by Crippen LogP contribution is -2.33. The van der Waals surface area contributed by atoms with Crippen molar-refractivity contribution in [1.82, 2.24) is 5.32 Å². The zero-order chi connectivity index (χ0) is 15.8. The van der Waals surface area contributed by atoms with Crippen molar-refractivity contribution in [3.8, 4) is 5.75 Å². The Bertz CT molecular complexity index is 501. The van der Waals surface area contributed by atoms with Gasteiger partial charge in [0.2, 0.25) is 11.8 Å². The highest BCUT2D eigenvalue weighted by Gasteiger charge is 2.09. The number of amides is 2. The Kier molecular flexibility index (Phi) is 6.52. The molecular weight excluding hydrogens is 270 g/mol. The Labute approximate surface area is 125 Å². The van der Waals surface area contributed by atoms with Gasteiger partial charge in [-0.1, -0.05) is 13.8 Å². The van der Waals surface area contributed by atoms with Crippen LogP contribution in [-0.2, 0) is 9.59 Å². The molecule has 2 amide bonds. The van der Waals surface area contributed by atoms with Crippen LogP contribution in [0.5, 0.6) is 5.75 Å². The summed E-state index contributed by atoms with van der Waals surface area (Å²) in [6.45, 7) is 4.02. The van der Waals surface area contributed by atoms with Crippen LogP contribution in [0.3, 0.4) is 0 Å². The molecule has 0 aromatic heterocycles. The molecule has 1 rings (SSSR count). The highest BCUT2D eigenvalue weighted by atomic mass is 16.5. The highest BCUT2D eigenvalue weighted by molar-refractivity contribution is 5.97. The van der Waals surface area contributed by atoms with Gasteiger partial charge in [0, 0.05) is 12.5 Å². The molecule has 6 nitrogen and oxygen atoms in total. The smallest absolute Gasteiger partial charge is 0.243 e. The van der Waals surface area contributed by atoms with E-state index in [1.54, 1.807) is 18.2 Å². The van der Waals surface area contributed by atoms with E-state index in [4.69, 9.17) is 10.5 Å². The maximum atomic E-state index is 11.8. The predicted molar refractivity (Wildman–Crippen MR) is 83.1 cm³/mol. The summed E-state index contributed by atoms with van der Waals surface area (Å²) < 4.78 is 5.07.